The summed E-state index contributed by atoms with van der Waals surface area (Å²) in [6.45, 7) is 0. The van der Waals surface area contributed by atoms with Gasteiger partial charge in [-0.2, -0.15) is 0 Å². The second kappa shape index (κ2) is 9.14. The summed E-state index contributed by atoms with van der Waals surface area (Å²) in [5, 5.41) is 0. The van der Waals surface area contributed by atoms with Crippen molar-refractivity contribution in [2.75, 3.05) is 0 Å². The number of hydrogen-bond donors (Lipinski definition) is 0. The number of allylic oxidation sites excluding steroid dienone is 8. The number of hydrogen-bond acceptors (Lipinski definition) is 4. The Morgan fingerprint density at radius 1 is 0.281 bits per heavy atom. The van der Waals surface area contributed by atoms with E-state index in [-0.39, 0.29) is 0 Å². The molecule has 156 valence electrons. The summed E-state index contributed by atoms with van der Waals surface area (Å²) in [6.07, 6.45) is 23.0. The first kappa shape index (κ1) is 19.5. The molecule has 0 saturated carbocycles. The highest BCUT2D eigenvalue weighted by atomic mass is 16.4. The molecule has 4 aromatic rings. The van der Waals surface area contributed by atoms with Gasteiger partial charge in [0.2, 0.25) is 0 Å². The van der Waals surface area contributed by atoms with Crippen molar-refractivity contribution in [3.05, 3.63) is 140 Å². The van der Waals surface area contributed by atoms with Crippen molar-refractivity contribution in [1.29, 1.82) is 0 Å². The van der Waals surface area contributed by atoms with Gasteiger partial charge in [0.25, 0.3) is 0 Å². The quantitative estimate of drug-likeness (QED) is 0.435. The summed E-state index contributed by atoms with van der Waals surface area (Å²) in [6, 6.07) is 15.2. The minimum Gasteiger partial charge on any atom is -0.453 e. The second-order valence-electron chi connectivity index (χ2n) is 7.01. The summed E-state index contributed by atoms with van der Waals surface area (Å²) < 4.78 is 23.4. The van der Waals surface area contributed by atoms with E-state index in [2.05, 4.69) is 0 Å². The first-order valence-electron chi connectivity index (χ1n) is 10.3. The summed E-state index contributed by atoms with van der Waals surface area (Å²) in [5.74, 6) is 0. The fraction of sp³-hybridized carbons (Fsp3) is 0. The van der Waals surface area contributed by atoms with Gasteiger partial charge >= 0.3 is 0 Å². The summed E-state index contributed by atoms with van der Waals surface area (Å²) in [7, 11) is 0. The van der Waals surface area contributed by atoms with Crippen LogP contribution in [0.2, 0.25) is 0 Å². The highest BCUT2D eigenvalue weighted by Gasteiger charge is 1.93. The molecule has 0 spiro atoms. The molecule has 5 rings (SSSR count). The van der Waals surface area contributed by atoms with E-state index in [1.54, 1.807) is 0 Å². The molecule has 5 heterocycles. The lowest BCUT2D eigenvalue weighted by molar-refractivity contribution is 0.449. The van der Waals surface area contributed by atoms with Crippen LogP contribution in [0.3, 0.4) is 0 Å². The van der Waals surface area contributed by atoms with E-state index in [9.17, 15) is 0 Å². The monoisotopic (exact) mass is 420 g/mol. The topological polar surface area (TPSA) is 52.6 Å². The van der Waals surface area contributed by atoms with Crippen LogP contribution in [0, 0.1) is 21.7 Å². The SMILES string of the molecule is C1=C\C=c2\cc/c(o2)=c2\cc/c(o2)=C/C=C\C=C/C=c2/cc/c(o2)=c2\cc\c(o2)=C\C=C/1. The van der Waals surface area contributed by atoms with Crippen molar-refractivity contribution in [3.63, 3.8) is 0 Å². The lowest BCUT2D eigenvalue weighted by Gasteiger charge is -1.78. The van der Waals surface area contributed by atoms with Crippen LogP contribution in [-0.2, 0) is 0 Å². The number of fused-ring (bicyclic) bond motifs is 8. The molecule has 0 radical (unpaired) electrons. The molecular formula is C28H20O4. The zero-order valence-corrected chi connectivity index (χ0v) is 17.2. The van der Waals surface area contributed by atoms with E-state index >= 15 is 0 Å². The fourth-order valence-corrected chi connectivity index (χ4v) is 3.16. The molecule has 0 atom stereocenters. The van der Waals surface area contributed by atoms with Gasteiger partial charge in [-0.1, -0.05) is 48.6 Å². The zero-order valence-electron chi connectivity index (χ0n) is 17.2. The summed E-state index contributed by atoms with van der Waals surface area (Å²) in [4.78, 5) is 0. The third kappa shape index (κ3) is 4.65. The Kier molecular flexibility index (Phi) is 5.58. The highest BCUT2D eigenvalue weighted by molar-refractivity contribution is 5.41. The van der Waals surface area contributed by atoms with E-state index < -0.39 is 0 Å². The minimum absolute atomic E-state index is 0.688. The smallest absolute Gasteiger partial charge is 0.170 e. The maximum atomic E-state index is 5.85. The molecule has 4 heteroatoms. The minimum atomic E-state index is 0.688. The number of furan rings is 4. The van der Waals surface area contributed by atoms with Gasteiger partial charge in [-0.05, 0) is 72.8 Å². The van der Waals surface area contributed by atoms with Crippen LogP contribution >= 0.6 is 0 Å². The molecule has 8 bridgehead atoms. The fourth-order valence-electron chi connectivity index (χ4n) is 3.16. The average molecular weight is 420 g/mol. The number of rotatable bonds is 0. The van der Waals surface area contributed by atoms with Crippen LogP contribution in [0.15, 0.2) is 115 Å². The Bertz CT molecular complexity index is 1510. The third-order valence-electron chi connectivity index (χ3n) is 4.70. The van der Waals surface area contributed by atoms with Gasteiger partial charge in [0.15, 0.2) is 21.7 Å². The molecule has 0 fully saturated rings. The maximum Gasteiger partial charge on any atom is 0.170 e. The van der Waals surface area contributed by atoms with Crippen molar-refractivity contribution in [2.45, 2.75) is 0 Å². The highest BCUT2D eigenvalue weighted by Crippen LogP contribution is 1.95. The second-order valence-corrected chi connectivity index (χ2v) is 7.01. The van der Waals surface area contributed by atoms with Crippen LogP contribution in [0.1, 0.15) is 0 Å². The van der Waals surface area contributed by atoms with E-state index in [1.807, 2.05) is 121 Å². The standard InChI is InChI=1S/C28H20O4/c1-2-6-10-22-14-18-27(30-22)28-20-16-24(32-28)12-8-4-3-7-11-23-15-19-26(31-23)25-17-13-21(29-25)9-5-1/h1-20H/b2-1?,4-3?,5-1-,6-2-,7-3-,8-4-,9-5?,10-6?,11-7?,12-8?,21-9-,22-10-,23-11-,24-12-,26-25-,28-27-. The lowest BCUT2D eigenvalue weighted by Crippen LogP contribution is -1.90. The molecule has 1 aliphatic rings. The largest absolute Gasteiger partial charge is 0.453 e. The van der Waals surface area contributed by atoms with Crippen LogP contribution in [0.4, 0.5) is 0 Å². The van der Waals surface area contributed by atoms with Gasteiger partial charge in [0, 0.05) is 0 Å². The average Bonchev–Trinajstić information content (AvgIpc) is 3.59. The normalized spacial score (nSPS) is 24.0. The van der Waals surface area contributed by atoms with Gasteiger partial charge in [-0.15, -0.1) is 0 Å². The molecule has 0 N–H and O–H groups in total. The zero-order chi connectivity index (χ0) is 21.6. The third-order valence-corrected chi connectivity index (χ3v) is 4.70. The van der Waals surface area contributed by atoms with Crippen LogP contribution < -0.4 is 21.7 Å². The van der Waals surface area contributed by atoms with E-state index in [0.29, 0.717) is 21.7 Å². The molecule has 0 aromatic carbocycles. The van der Waals surface area contributed by atoms with E-state index in [0.717, 1.165) is 21.7 Å². The molecular weight excluding hydrogens is 400 g/mol. The predicted octanol–water partition coefficient (Wildman–Crippen LogP) is 3.69. The van der Waals surface area contributed by atoms with Crippen molar-refractivity contribution in [1.82, 2.24) is 0 Å². The molecule has 32 heavy (non-hydrogen) atoms. The van der Waals surface area contributed by atoms with E-state index in [1.165, 1.54) is 0 Å². The molecule has 0 aliphatic carbocycles. The van der Waals surface area contributed by atoms with Crippen LogP contribution in [0.5, 0.6) is 0 Å². The summed E-state index contributed by atoms with van der Waals surface area (Å²) in [5.41, 5.74) is 5.75. The van der Waals surface area contributed by atoms with Gasteiger partial charge < -0.3 is 17.7 Å². The lowest BCUT2D eigenvalue weighted by atomic mass is 10.4. The Morgan fingerprint density at radius 3 is 0.781 bits per heavy atom. The van der Waals surface area contributed by atoms with Gasteiger partial charge in [-0.25, -0.2) is 0 Å². The molecule has 4 aromatic heterocycles. The summed E-state index contributed by atoms with van der Waals surface area (Å²) >= 11 is 0. The first-order chi connectivity index (χ1) is 15.8. The first-order valence-corrected chi connectivity index (χ1v) is 10.3. The van der Waals surface area contributed by atoms with E-state index in [4.69, 9.17) is 17.7 Å². The van der Waals surface area contributed by atoms with Gasteiger partial charge in [0.05, 0.1) is 0 Å². The Hall–Kier alpha value is -4.44. The molecule has 0 amide bonds. The van der Waals surface area contributed by atoms with Crippen LogP contribution in [0.25, 0.3) is 24.3 Å². The van der Waals surface area contributed by atoms with Crippen LogP contribution in [-0.4, -0.2) is 0 Å². The molecule has 0 saturated heterocycles. The molecule has 1 aliphatic heterocycles. The van der Waals surface area contributed by atoms with Crippen molar-refractivity contribution < 1.29 is 17.7 Å². The van der Waals surface area contributed by atoms with Crippen molar-refractivity contribution in [2.24, 2.45) is 0 Å². The van der Waals surface area contributed by atoms with Gasteiger partial charge in [-0.3, -0.25) is 0 Å². The molecule has 4 nitrogen and oxygen atoms in total. The Labute approximate surface area is 182 Å². The Balaban J connectivity index is 1.59. The predicted molar refractivity (Wildman–Crippen MR) is 123 cm³/mol. The van der Waals surface area contributed by atoms with Crippen molar-refractivity contribution >= 4 is 24.3 Å². The molecule has 0 unspecified atom stereocenters. The van der Waals surface area contributed by atoms with Gasteiger partial charge in [0.1, 0.15) is 21.7 Å². The Morgan fingerprint density at radius 2 is 0.531 bits per heavy atom. The maximum absolute atomic E-state index is 5.85. The van der Waals surface area contributed by atoms with Crippen molar-refractivity contribution in [3.8, 4) is 0 Å².